The van der Waals surface area contributed by atoms with Crippen LogP contribution < -0.4 is 10.2 Å². The highest BCUT2D eigenvalue weighted by Gasteiger charge is 2.43. The quantitative estimate of drug-likeness (QED) is 0.362. The van der Waals surface area contributed by atoms with Crippen molar-refractivity contribution in [3.05, 3.63) is 111 Å². The summed E-state index contributed by atoms with van der Waals surface area (Å²) >= 11 is 0. The largest absolute Gasteiger partial charge is 0.494 e. The maximum atomic E-state index is 13.9. The Bertz CT molecular complexity index is 1440. The number of amides is 1. The minimum atomic E-state index is -0.561. The van der Waals surface area contributed by atoms with Crippen LogP contribution >= 0.6 is 0 Å². The molecule has 172 valence electrons. The van der Waals surface area contributed by atoms with Crippen molar-refractivity contribution in [2.24, 2.45) is 0 Å². The predicted octanol–water partition coefficient (Wildman–Crippen LogP) is 5.94. The number of benzene rings is 3. The van der Waals surface area contributed by atoms with Crippen LogP contribution in [0.1, 0.15) is 57.8 Å². The molecule has 1 atom stereocenters. The van der Waals surface area contributed by atoms with Crippen molar-refractivity contribution >= 4 is 16.9 Å². The molecule has 0 fully saturated rings. The molecule has 2 heterocycles. The molecule has 0 radical (unpaired) electrons. The molecule has 5 nitrogen and oxygen atoms in total. The van der Waals surface area contributed by atoms with Crippen molar-refractivity contribution in [1.82, 2.24) is 4.90 Å². The first-order chi connectivity index (χ1) is 16.5. The van der Waals surface area contributed by atoms with Gasteiger partial charge in [-0.3, -0.25) is 9.59 Å². The number of rotatable bonds is 6. The number of fused-ring (bicyclic) bond motifs is 2. The van der Waals surface area contributed by atoms with E-state index in [0.717, 1.165) is 34.4 Å². The zero-order chi connectivity index (χ0) is 23.8. The Morgan fingerprint density at radius 1 is 0.971 bits per heavy atom. The Kier molecular flexibility index (Phi) is 5.70. The van der Waals surface area contributed by atoms with Gasteiger partial charge in [0, 0.05) is 6.54 Å². The molecule has 4 aromatic rings. The van der Waals surface area contributed by atoms with E-state index in [1.165, 1.54) is 0 Å². The van der Waals surface area contributed by atoms with Crippen molar-refractivity contribution in [1.29, 1.82) is 0 Å². The maximum absolute atomic E-state index is 13.9. The Morgan fingerprint density at radius 2 is 1.76 bits per heavy atom. The third kappa shape index (κ3) is 3.77. The summed E-state index contributed by atoms with van der Waals surface area (Å²) in [5.74, 6) is 0.571. The van der Waals surface area contributed by atoms with Crippen molar-refractivity contribution in [3.63, 3.8) is 0 Å². The Labute approximate surface area is 198 Å². The highest BCUT2D eigenvalue weighted by Crippen LogP contribution is 2.40. The highest BCUT2D eigenvalue weighted by molar-refractivity contribution is 5.99. The minimum Gasteiger partial charge on any atom is -0.494 e. The minimum absolute atomic E-state index is 0.128. The monoisotopic (exact) mass is 453 g/mol. The van der Waals surface area contributed by atoms with E-state index in [1.54, 1.807) is 4.90 Å². The molecule has 1 amide bonds. The molecule has 5 heteroatoms. The normalized spacial score (nSPS) is 15.1. The summed E-state index contributed by atoms with van der Waals surface area (Å²) in [5, 5.41) is 0.530. The fraction of sp³-hybridized carbons (Fsp3) is 0.241. The lowest BCUT2D eigenvalue weighted by molar-refractivity contribution is 0.0714. The van der Waals surface area contributed by atoms with Gasteiger partial charge in [0.15, 0.2) is 5.43 Å². The van der Waals surface area contributed by atoms with E-state index >= 15 is 0 Å². The SMILES string of the molecule is CCCOc1cccc(C2c3c(oc4cc(C)cc(C)c4c3=O)C(=O)N2Cc2ccccc2)c1. The van der Waals surface area contributed by atoms with Crippen molar-refractivity contribution < 1.29 is 13.9 Å². The van der Waals surface area contributed by atoms with E-state index in [9.17, 15) is 9.59 Å². The number of ether oxygens (including phenoxy) is 1. The van der Waals surface area contributed by atoms with Gasteiger partial charge in [-0.25, -0.2) is 0 Å². The Hall–Kier alpha value is -3.86. The van der Waals surface area contributed by atoms with Crippen molar-refractivity contribution in [2.45, 2.75) is 39.8 Å². The van der Waals surface area contributed by atoms with E-state index in [0.29, 0.717) is 29.7 Å². The van der Waals surface area contributed by atoms with Gasteiger partial charge in [0.25, 0.3) is 5.91 Å². The molecule has 0 saturated heterocycles. The smallest absolute Gasteiger partial charge is 0.291 e. The van der Waals surface area contributed by atoms with Gasteiger partial charge < -0.3 is 14.1 Å². The molecule has 1 unspecified atom stereocenters. The average molecular weight is 454 g/mol. The van der Waals surface area contributed by atoms with Gasteiger partial charge in [0.2, 0.25) is 5.76 Å². The van der Waals surface area contributed by atoms with Crippen LogP contribution in [0.5, 0.6) is 5.75 Å². The number of nitrogens with zero attached hydrogens (tertiary/aromatic N) is 1. The molecule has 1 aliphatic rings. The molecule has 34 heavy (non-hydrogen) atoms. The lowest BCUT2D eigenvalue weighted by atomic mass is 9.96. The lowest BCUT2D eigenvalue weighted by Crippen LogP contribution is -2.29. The summed E-state index contributed by atoms with van der Waals surface area (Å²) in [6.07, 6.45) is 0.892. The first-order valence-electron chi connectivity index (χ1n) is 11.6. The molecule has 0 spiro atoms. The van der Waals surface area contributed by atoms with Gasteiger partial charge >= 0.3 is 0 Å². The zero-order valence-corrected chi connectivity index (χ0v) is 19.6. The van der Waals surface area contributed by atoms with Gasteiger partial charge in [-0.2, -0.15) is 0 Å². The van der Waals surface area contributed by atoms with Gasteiger partial charge in [-0.05, 0) is 60.7 Å². The fourth-order valence-electron chi connectivity index (χ4n) is 4.80. The maximum Gasteiger partial charge on any atom is 0.291 e. The van der Waals surface area contributed by atoms with Gasteiger partial charge in [0.05, 0.1) is 23.6 Å². The molecule has 1 aliphatic heterocycles. The van der Waals surface area contributed by atoms with Gasteiger partial charge in [-0.1, -0.05) is 55.5 Å². The number of carbonyl (C=O) groups excluding carboxylic acids is 1. The summed E-state index contributed by atoms with van der Waals surface area (Å²) in [5.41, 5.74) is 4.34. The van der Waals surface area contributed by atoms with Crippen molar-refractivity contribution in [2.75, 3.05) is 6.61 Å². The summed E-state index contributed by atoms with van der Waals surface area (Å²) < 4.78 is 12.0. The van der Waals surface area contributed by atoms with Crippen LogP contribution in [0.3, 0.4) is 0 Å². The van der Waals surface area contributed by atoms with Crippen LogP contribution in [-0.4, -0.2) is 17.4 Å². The summed E-state index contributed by atoms with van der Waals surface area (Å²) in [4.78, 5) is 29.3. The molecular formula is C29H27NO4. The lowest BCUT2D eigenvalue weighted by Gasteiger charge is -2.25. The first-order valence-corrected chi connectivity index (χ1v) is 11.6. The van der Waals surface area contributed by atoms with Crippen LogP contribution in [0.4, 0.5) is 0 Å². The van der Waals surface area contributed by atoms with Crippen LogP contribution in [-0.2, 0) is 6.54 Å². The van der Waals surface area contributed by atoms with E-state index < -0.39 is 6.04 Å². The molecule has 0 saturated carbocycles. The molecule has 1 aromatic heterocycles. The van der Waals surface area contributed by atoms with Crippen molar-refractivity contribution in [3.8, 4) is 5.75 Å². The zero-order valence-electron chi connectivity index (χ0n) is 19.6. The highest BCUT2D eigenvalue weighted by atomic mass is 16.5. The molecule has 0 bridgehead atoms. The van der Waals surface area contributed by atoms with Crippen LogP contribution in [0.2, 0.25) is 0 Å². The Morgan fingerprint density at radius 3 is 2.53 bits per heavy atom. The fourth-order valence-corrected chi connectivity index (χ4v) is 4.80. The van der Waals surface area contributed by atoms with Gasteiger partial charge in [0.1, 0.15) is 11.3 Å². The predicted molar refractivity (Wildman–Crippen MR) is 132 cm³/mol. The molecule has 0 N–H and O–H groups in total. The van der Waals surface area contributed by atoms with Gasteiger partial charge in [-0.15, -0.1) is 0 Å². The summed E-state index contributed by atoms with van der Waals surface area (Å²) in [6.45, 7) is 6.88. The second-order valence-corrected chi connectivity index (χ2v) is 8.87. The van der Waals surface area contributed by atoms with E-state index in [2.05, 4.69) is 6.92 Å². The number of hydrogen-bond acceptors (Lipinski definition) is 4. The van der Waals surface area contributed by atoms with Crippen LogP contribution in [0, 0.1) is 13.8 Å². The van der Waals surface area contributed by atoms with Crippen LogP contribution in [0.15, 0.2) is 75.9 Å². The molecular weight excluding hydrogens is 426 g/mol. The van der Waals surface area contributed by atoms with E-state index in [4.69, 9.17) is 9.15 Å². The summed E-state index contributed by atoms with van der Waals surface area (Å²) in [7, 11) is 0. The first kappa shape index (κ1) is 22.0. The average Bonchev–Trinajstić information content (AvgIpc) is 3.10. The second-order valence-electron chi connectivity index (χ2n) is 8.87. The molecule has 5 rings (SSSR count). The number of aryl methyl sites for hydroxylation is 2. The standard InChI is InChI=1S/C29H27NO4/c1-4-13-33-22-12-8-11-21(16-22)26-25-27(31)24-19(3)14-18(2)15-23(24)34-28(25)29(32)30(26)17-20-9-6-5-7-10-20/h5-12,14-16,26H,4,13,17H2,1-3H3. The summed E-state index contributed by atoms with van der Waals surface area (Å²) in [6, 6.07) is 20.7. The number of carbonyl (C=O) groups is 1. The second kappa shape index (κ2) is 8.82. The number of hydrogen-bond donors (Lipinski definition) is 0. The third-order valence-electron chi connectivity index (χ3n) is 6.25. The topological polar surface area (TPSA) is 59.8 Å². The third-order valence-corrected chi connectivity index (χ3v) is 6.25. The van der Waals surface area contributed by atoms with E-state index in [-0.39, 0.29) is 17.1 Å². The van der Waals surface area contributed by atoms with Crippen LogP contribution in [0.25, 0.3) is 11.0 Å². The Balaban J connectivity index is 1.72. The molecule has 0 aliphatic carbocycles. The molecule has 3 aromatic carbocycles. The van der Waals surface area contributed by atoms with E-state index in [1.807, 2.05) is 80.6 Å².